The summed E-state index contributed by atoms with van der Waals surface area (Å²) in [5, 5.41) is 9.33. The number of aryl methyl sites for hydroxylation is 2. The molecule has 2 saturated heterocycles. The highest BCUT2D eigenvalue weighted by Crippen LogP contribution is 2.35. The van der Waals surface area contributed by atoms with Crippen molar-refractivity contribution < 1.29 is 9.59 Å². The molecule has 0 amide bonds. The number of hydrogen-bond acceptors (Lipinski definition) is 6. The standard InChI is InChI=1S/C40H64N6O2/c1-29(2)39(47)35-11-7-32(8-12-35)26-44-21-17-38(18-22-44)46-28-34(24-42-46)6-5-31(4)40(48)36-13-9-33(10-14-36)27-43-19-15-37(16-20-43)45-25-30(3)23-41-45/h23-25,28-29,31-33,35-38H,5-22,26-27H2,1-4H3. The van der Waals surface area contributed by atoms with Gasteiger partial charge in [-0.15, -0.1) is 0 Å². The molecule has 0 N–H and O–H groups in total. The minimum atomic E-state index is 0.127. The van der Waals surface area contributed by atoms with E-state index in [2.05, 4.69) is 50.5 Å². The summed E-state index contributed by atoms with van der Waals surface area (Å²) in [5.41, 5.74) is 2.53. The van der Waals surface area contributed by atoms with Crippen LogP contribution >= 0.6 is 0 Å². The quantitative estimate of drug-likeness (QED) is 0.224. The van der Waals surface area contributed by atoms with E-state index in [0.29, 0.717) is 29.6 Å². The van der Waals surface area contributed by atoms with E-state index in [0.717, 1.165) is 76.3 Å². The number of hydrogen-bond donors (Lipinski definition) is 0. The van der Waals surface area contributed by atoms with Crippen molar-refractivity contribution in [2.45, 2.75) is 130 Å². The third-order valence-corrected chi connectivity index (χ3v) is 12.7. The molecule has 4 fully saturated rings. The molecule has 8 heteroatoms. The van der Waals surface area contributed by atoms with Crippen molar-refractivity contribution in [3.05, 3.63) is 35.9 Å². The minimum Gasteiger partial charge on any atom is -0.303 e. The van der Waals surface area contributed by atoms with Crippen molar-refractivity contribution in [1.82, 2.24) is 29.4 Å². The molecular weight excluding hydrogens is 596 g/mol. The van der Waals surface area contributed by atoms with Gasteiger partial charge in [0.1, 0.15) is 11.6 Å². The molecule has 2 aromatic heterocycles. The maximum Gasteiger partial charge on any atom is 0.138 e. The van der Waals surface area contributed by atoms with E-state index >= 15 is 0 Å². The Hall–Kier alpha value is -2.32. The van der Waals surface area contributed by atoms with Crippen molar-refractivity contribution in [1.29, 1.82) is 0 Å². The summed E-state index contributed by atoms with van der Waals surface area (Å²) in [6, 6.07) is 1.03. The fraction of sp³-hybridized carbons (Fsp3) is 0.800. The Morgan fingerprint density at radius 2 is 1.15 bits per heavy atom. The lowest BCUT2D eigenvalue weighted by Gasteiger charge is -2.36. The van der Waals surface area contributed by atoms with Crippen LogP contribution in [0.4, 0.5) is 0 Å². The largest absolute Gasteiger partial charge is 0.303 e. The van der Waals surface area contributed by atoms with Crippen LogP contribution in [0, 0.1) is 42.4 Å². The van der Waals surface area contributed by atoms with Gasteiger partial charge in [0.2, 0.25) is 0 Å². The fourth-order valence-corrected chi connectivity index (χ4v) is 9.46. The lowest BCUT2D eigenvalue weighted by Crippen LogP contribution is -2.39. The van der Waals surface area contributed by atoms with Crippen LogP contribution in [0.2, 0.25) is 0 Å². The third kappa shape index (κ3) is 9.26. The molecule has 266 valence electrons. The molecule has 0 aromatic carbocycles. The first-order chi connectivity index (χ1) is 23.2. The third-order valence-electron chi connectivity index (χ3n) is 12.7. The van der Waals surface area contributed by atoms with Gasteiger partial charge in [0, 0.05) is 75.3 Å². The molecule has 2 aliphatic heterocycles. The Labute approximate surface area is 290 Å². The second-order valence-corrected chi connectivity index (χ2v) is 16.7. The Morgan fingerprint density at radius 1 is 0.667 bits per heavy atom. The summed E-state index contributed by atoms with van der Waals surface area (Å²) < 4.78 is 4.39. The molecule has 48 heavy (non-hydrogen) atoms. The van der Waals surface area contributed by atoms with Crippen LogP contribution in [-0.4, -0.2) is 80.2 Å². The summed E-state index contributed by atoms with van der Waals surface area (Å²) in [7, 11) is 0. The van der Waals surface area contributed by atoms with Gasteiger partial charge in [0.25, 0.3) is 0 Å². The average Bonchev–Trinajstić information content (AvgIpc) is 3.77. The Kier molecular flexibility index (Phi) is 12.3. The molecule has 0 bridgehead atoms. The van der Waals surface area contributed by atoms with E-state index in [1.54, 1.807) is 0 Å². The Balaban J connectivity index is 0.848. The monoisotopic (exact) mass is 661 g/mol. The number of Topliss-reactive ketones (excluding diaryl/α,β-unsaturated/α-hetero) is 2. The molecule has 1 unspecified atom stereocenters. The van der Waals surface area contributed by atoms with Crippen LogP contribution in [0.15, 0.2) is 24.8 Å². The number of aromatic nitrogens is 4. The summed E-state index contributed by atoms with van der Waals surface area (Å²) in [5.74, 6) is 3.35. The highest BCUT2D eigenvalue weighted by atomic mass is 16.1. The van der Waals surface area contributed by atoms with Crippen molar-refractivity contribution in [2.75, 3.05) is 39.3 Å². The van der Waals surface area contributed by atoms with Gasteiger partial charge < -0.3 is 9.80 Å². The van der Waals surface area contributed by atoms with Gasteiger partial charge in [-0.3, -0.25) is 19.0 Å². The first kappa shape index (κ1) is 35.5. The zero-order valence-corrected chi connectivity index (χ0v) is 30.6. The summed E-state index contributed by atoms with van der Waals surface area (Å²) in [4.78, 5) is 31.1. The summed E-state index contributed by atoms with van der Waals surface area (Å²) >= 11 is 0. The highest BCUT2D eigenvalue weighted by molar-refractivity contribution is 5.83. The van der Waals surface area contributed by atoms with Crippen LogP contribution < -0.4 is 0 Å². The smallest absolute Gasteiger partial charge is 0.138 e. The first-order valence-electron chi connectivity index (χ1n) is 19.8. The molecule has 0 spiro atoms. The molecule has 2 saturated carbocycles. The fourth-order valence-electron chi connectivity index (χ4n) is 9.46. The van der Waals surface area contributed by atoms with Crippen LogP contribution in [-0.2, 0) is 16.0 Å². The molecular formula is C40H64N6O2. The van der Waals surface area contributed by atoms with Crippen molar-refractivity contribution in [2.24, 2.45) is 35.5 Å². The van der Waals surface area contributed by atoms with Crippen LogP contribution in [0.5, 0.6) is 0 Å². The van der Waals surface area contributed by atoms with Crippen LogP contribution in [0.25, 0.3) is 0 Å². The Morgan fingerprint density at radius 3 is 1.62 bits per heavy atom. The lowest BCUT2D eigenvalue weighted by atomic mass is 9.76. The number of piperidine rings is 2. The second-order valence-electron chi connectivity index (χ2n) is 16.7. The van der Waals surface area contributed by atoms with Gasteiger partial charge in [-0.25, -0.2) is 0 Å². The highest BCUT2D eigenvalue weighted by Gasteiger charge is 2.32. The zero-order valence-electron chi connectivity index (χ0n) is 30.6. The van der Waals surface area contributed by atoms with Gasteiger partial charge in [-0.1, -0.05) is 20.8 Å². The molecule has 8 nitrogen and oxygen atoms in total. The predicted octanol–water partition coefficient (Wildman–Crippen LogP) is 7.34. The molecule has 6 rings (SSSR count). The van der Waals surface area contributed by atoms with Crippen molar-refractivity contribution in [3.63, 3.8) is 0 Å². The molecule has 2 aliphatic carbocycles. The van der Waals surface area contributed by atoms with E-state index in [1.807, 2.05) is 26.2 Å². The summed E-state index contributed by atoms with van der Waals surface area (Å²) in [6.45, 7) is 15.4. The van der Waals surface area contributed by atoms with E-state index in [4.69, 9.17) is 5.10 Å². The average molecular weight is 661 g/mol. The van der Waals surface area contributed by atoms with Crippen molar-refractivity contribution >= 4 is 11.6 Å². The molecule has 0 radical (unpaired) electrons. The predicted molar refractivity (Wildman–Crippen MR) is 192 cm³/mol. The maximum absolute atomic E-state index is 13.4. The lowest BCUT2D eigenvalue weighted by molar-refractivity contribution is -0.128. The van der Waals surface area contributed by atoms with E-state index in [-0.39, 0.29) is 17.8 Å². The van der Waals surface area contributed by atoms with Gasteiger partial charge in [-0.2, -0.15) is 10.2 Å². The maximum atomic E-state index is 13.4. The number of ketones is 2. The Bertz CT molecular complexity index is 1300. The van der Waals surface area contributed by atoms with Gasteiger partial charge in [0.05, 0.1) is 24.5 Å². The molecule has 4 heterocycles. The number of rotatable bonds is 13. The van der Waals surface area contributed by atoms with Crippen molar-refractivity contribution in [3.8, 4) is 0 Å². The number of nitrogens with zero attached hydrogens (tertiary/aromatic N) is 6. The van der Waals surface area contributed by atoms with E-state index < -0.39 is 0 Å². The number of carbonyl (C=O) groups excluding carboxylic acids is 2. The molecule has 1 atom stereocenters. The first-order valence-corrected chi connectivity index (χ1v) is 19.8. The summed E-state index contributed by atoms with van der Waals surface area (Å²) in [6.07, 6.45) is 24.2. The van der Waals surface area contributed by atoms with E-state index in [9.17, 15) is 9.59 Å². The van der Waals surface area contributed by atoms with Crippen LogP contribution in [0.1, 0.15) is 127 Å². The number of carbonyl (C=O) groups is 2. The van der Waals surface area contributed by atoms with Gasteiger partial charge in [0.15, 0.2) is 0 Å². The molecule has 4 aliphatic rings. The second kappa shape index (κ2) is 16.6. The SMILES string of the molecule is Cc1cnn(C2CCN(CC3CCC(C(=O)C(C)CCc4cnn(C5CCN(CC6CCC(C(=O)C(C)C)CC6)CC5)c4)CC3)CC2)c1. The van der Waals surface area contributed by atoms with Gasteiger partial charge >= 0.3 is 0 Å². The number of likely N-dealkylation sites (tertiary alicyclic amines) is 2. The van der Waals surface area contributed by atoms with Gasteiger partial charge in [-0.05, 0) is 120 Å². The van der Waals surface area contributed by atoms with Crippen LogP contribution in [0.3, 0.4) is 0 Å². The topological polar surface area (TPSA) is 76.3 Å². The minimum absolute atomic E-state index is 0.127. The zero-order chi connectivity index (χ0) is 33.6. The van der Waals surface area contributed by atoms with E-state index in [1.165, 1.54) is 75.8 Å². The normalized spacial score (nSPS) is 27.8. The molecule has 2 aromatic rings.